The van der Waals surface area contributed by atoms with Crippen LogP contribution in [0.3, 0.4) is 0 Å². The standard InChI is InChI=1S/C18H20/c1-3-4-5-6-16-9-13-18(14-10-16)17-11-7-15(2)8-12-17/h3,7-14H,1,4-6H2,2H3. The second kappa shape index (κ2) is 6.20. The van der Waals surface area contributed by atoms with Crippen LogP contribution >= 0.6 is 0 Å². The molecule has 0 saturated heterocycles. The third-order valence-electron chi connectivity index (χ3n) is 3.21. The lowest BCUT2D eigenvalue weighted by Crippen LogP contribution is -1.85. The molecule has 0 aliphatic rings. The summed E-state index contributed by atoms with van der Waals surface area (Å²) >= 11 is 0. The fraction of sp³-hybridized carbons (Fsp3) is 0.222. The Hall–Kier alpha value is -1.82. The lowest BCUT2D eigenvalue weighted by Gasteiger charge is -2.04. The van der Waals surface area contributed by atoms with E-state index in [1.165, 1.54) is 28.7 Å². The molecule has 0 aliphatic heterocycles. The molecule has 2 aromatic rings. The van der Waals surface area contributed by atoms with Crippen molar-refractivity contribution >= 4 is 0 Å². The molecule has 0 nitrogen and oxygen atoms in total. The topological polar surface area (TPSA) is 0 Å². The fourth-order valence-corrected chi connectivity index (χ4v) is 2.06. The van der Waals surface area contributed by atoms with Gasteiger partial charge in [0.15, 0.2) is 0 Å². The van der Waals surface area contributed by atoms with Gasteiger partial charge in [0.1, 0.15) is 0 Å². The van der Waals surface area contributed by atoms with Crippen molar-refractivity contribution in [2.75, 3.05) is 0 Å². The molecule has 0 aromatic heterocycles. The second-order valence-electron chi connectivity index (χ2n) is 4.74. The Labute approximate surface area is 110 Å². The van der Waals surface area contributed by atoms with Crippen LogP contribution in [0.5, 0.6) is 0 Å². The van der Waals surface area contributed by atoms with Gasteiger partial charge in [-0.25, -0.2) is 0 Å². The van der Waals surface area contributed by atoms with Gasteiger partial charge in [-0.2, -0.15) is 0 Å². The molecule has 0 amide bonds. The molecule has 0 atom stereocenters. The number of hydrogen-bond acceptors (Lipinski definition) is 0. The Morgan fingerprint density at radius 1 is 0.889 bits per heavy atom. The minimum absolute atomic E-state index is 1.10. The van der Waals surface area contributed by atoms with Gasteiger partial charge in [0.2, 0.25) is 0 Å². The summed E-state index contributed by atoms with van der Waals surface area (Å²) < 4.78 is 0. The summed E-state index contributed by atoms with van der Waals surface area (Å²) in [6.45, 7) is 5.87. The molecule has 0 bridgehead atoms. The molecule has 0 N–H and O–H groups in total. The molecular weight excluding hydrogens is 216 g/mol. The monoisotopic (exact) mass is 236 g/mol. The summed E-state index contributed by atoms with van der Waals surface area (Å²) in [5.74, 6) is 0. The van der Waals surface area contributed by atoms with Gasteiger partial charge in [-0.1, -0.05) is 60.2 Å². The smallest absolute Gasteiger partial charge is 0.0184 e. The van der Waals surface area contributed by atoms with E-state index >= 15 is 0 Å². The van der Waals surface area contributed by atoms with E-state index in [1.807, 2.05) is 6.08 Å². The van der Waals surface area contributed by atoms with Crippen LogP contribution in [-0.4, -0.2) is 0 Å². The average Bonchev–Trinajstić information content (AvgIpc) is 2.41. The normalized spacial score (nSPS) is 10.3. The summed E-state index contributed by atoms with van der Waals surface area (Å²) in [5, 5.41) is 0. The van der Waals surface area contributed by atoms with Gasteiger partial charge in [0.25, 0.3) is 0 Å². The summed E-state index contributed by atoms with van der Waals surface area (Å²) in [6.07, 6.45) is 5.41. The minimum atomic E-state index is 1.10. The van der Waals surface area contributed by atoms with Crippen molar-refractivity contribution in [1.29, 1.82) is 0 Å². The van der Waals surface area contributed by atoms with Gasteiger partial charge in [-0.05, 0) is 42.9 Å². The first-order valence-electron chi connectivity index (χ1n) is 6.56. The zero-order valence-corrected chi connectivity index (χ0v) is 11.0. The molecule has 0 spiro atoms. The van der Waals surface area contributed by atoms with Gasteiger partial charge >= 0.3 is 0 Å². The van der Waals surface area contributed by atoms with Crippen molar-refractivity contribution in [1.82, 2.24) is 0 Å². The summed E-state index contributed by atoms with van der Waals surface area (Å²) in [7, 11) is 0. The quantitative estimate of drug-likeness (QED) is 0.496. The second-order valence-corrected chi connectivity index (χ2v) is 4.74. The molecule has 0 radical (unpaired) electrons. The van der Waals surface area contributed by atoms with Gasteiger partial charge in [-0.15, -0.1) is 6.58 Å². The van der Waals surface area contributed by atoms with Crippen molar-refractivity contribution in [2.24, 2.45) is 0 Å². The number of unbranched alkanes of at least 4 members (excludes halogenated alkanes) is 1. The first kappa shape index (κ1) is 12.6. The van der Waals surface area contributed by atoms with Crippen LogP contribution in [0.15, 0.2) is 61.2 Å². The Balaban J connectivity index is 2.07. The van der Waals surface area contributed by atoms with E-state index in [4.69, 9.17) is 0 Å². The van der Waals surface area contributed by atoms with Crippen LogP contribution in [0.1, 0.15) is 24.0 Å². The Bertz CT molecular complexity index is 489. The van der Waals surface area contributed by atoms with E-state index in [0.717, 1.165) is 12.8 Å². The van der Waals surface area contributed by atoms with Gasteiger partial charge in [-0.3, -0.25) is 0 Å². The molecule has 0 fully saturated rings. The van der Waals surface area contributed by atoms with Crippen molar-refractivity contribution in [3.63, 3.8) is 0 Å². The lowest BCUT2D eigenvalue weighted by molar-refractivity contribution is 0.844. The number of hydrogen-bond donors (Lipinski definition) is 0. The summed E-state index contributed by atoms with van der Waals surface area (Å²) in [4.78, 5) is 0. The third-order valence-corrected chi connectivity index (χ3v) is 3.21. The maximum atomic E-state index is 3.75. The third kappa shape index (κ3) is 3.33. The van der Waals surface area contributed by atoms with Crippen LogP contribution in [0, 0.1) is 6.92 Å². The van der Waals surface area contributed by atoms with Crippen molar-refractivity contribution in [2.45, 2.75) is 26.2 Å². The molecule has 2 aromatic carbocycles. The Morgan fingerprint density at radius 3 is 2.00 bits per heavy atom. The molecule has 0 heterocycles. The number of allylic oxidation sites excluding steroid dienone is 1. The number of benzene rings is 2. The summed E-state index contributed by atoms with van der Waals surface area (Å²) in [6, 6.07) is 17.6. The predicted molar refractivity (Wildman–Crippen MR) is 79.8 cm³/mol. The maximum Gasteiger partial charge on any atom is -0.0184 e. The average molecular weight is 236 g/mol. The SMILES string of the molecule is C=CCCCc1ccc(-c2ccc(C)cc2)cc1. The fourth-order valence-electron chi connectivity index (χ4n) is 2.06. The molecule has 2 rings (SSSR count). The molecule has 92 valence electrons. The van der Waals surface area contributed by atoms with E-state index in [1.54, 1.807) is 0 Å². The highest BCUT2D eigenvalue weighted by atomic mass is 14.0. The van der Waals surface area contributed by atoms with Crippen LogP contribution in [-0.2, 0) is 6.42 Å². The highest BCUT2D eigenvalue weighted by molar-refractivity contribution is 5.63. The Kier molecular flexibility index (Phi) is 4.35. The van der Waals surface area contributed by atoms with E-state index in [0.29, 0.717) is 0 Å². The number of aryl methyl sites for hydroxylation is 2. The molecule has 0 unspecified atom stereocenters. The van der Waals surface area contributed by atoms with Crippen LogP contribution in [0.2, 0.25) is 0 Å². The molecule has 0 saturated carbocycles. The van der Waals surface area contributed by atoms with Gasteiger partial charge in [0, 0.05) is 0 Å². The zero-order valence-electron chi connectivity index (χ0n) is 11.0. The van der Waals surface area contributed by atoms with Crippen molar-refractivity contribution in [3.8, 4) is 11.1 Å². The van der Waals surface area contributed by atoms with Gasteiger partial charge < -0.3 is 0 Å². The zero-order chi connectivity index (χ0) is 12.8. The van der Waals surface area contributed by atoms with Crippen LogP contribution < -0.4 is 0 Å². The van der Waals surface area contributed by atoms with Crippen LogP contribution in [0.4, 0.5) is 0 Å². The Morgan fingerprint density at radius 2 is 1.44 bits per heavy atom. The maximum absolute atomic E-state index is 3.75. The van der Waals surface area contributed by atoms with Crippen molar-refractivity contribution < 1.29 is 0 Å². The van der Waals surface area contributed by atoms with Crippen LogP contribution in [0.25, 0.3) is 11.1 Å². The molecular formula is C18H20. The van der Waals surface area contributed by atoms with Crippen molar-refractivity contribution in [3.05, 3.63) is 72.3 Å². The largest absolute Gasteiger partial charge is 0.103 e. The highest BCUT2D eigenvalue weighted by Crippen LogP contribution is 2.20. The van der Waals surface area contributed by atoms with E-state index < -0.39 is 0 Å². The first-order valence-corrected chi connectivity index (χ1v) is 6.56. The highest BCUT2D eigenvalue weighted by Gasteiger charge is 1.98. The molecule has 18 heavy (non-hydrogen) atoms. The van der Waals surface area contributed by atoms with E-state index in [9.17, 15) is 0 Å². The molecule has 0 aliphatic carbocycles. The van der Waals surface area contributed by atoms with Gasteiger partial charge in [0.05, 0.1) is 0 Å². The molecule has 0 heteroatoms. The lowest BCUT2D eigenvalue weighted by atomic mass is 10.0. The van der Waals surface area contributed by atoms with E-state index in [2.05, 4.69) is 62.0 Å². The van der Waals surface area contributed by atoms with E-state index in [-0.39, 0.29) is 0 Å². The number of rotatable bonds is 5. The predicted octanol–water partition coefficient (Wildman–Crippen LogP) is 5.17. The first-order chi connectivity index (χ1) is 8.79. The summed E-state index contributed by atoms with van der Waals surface area (Å²) in [5.41, 5.74) is 5.30. The minimum Gasteiger partial charge on any atom is -0.103 e.